The maximum atomic E-state index is 13.0. The summed E-state index contributed by atoms with van der Waals surface area (Å²) < 4.78 is 27.7. The predicted octanol–water partition coefficient (Wildman–Crippen LogP) is 3.25. The Morgan fingerprint density at radius 2 is 1.68 bits per heavy atom. The van der Waals surface area contributed by atoms with Crippen molar-refractivity contribution in [1.82, 2.24) is 4.90 Å². The summed E-state index contributed by atoms with van der Waals surface area (Å²) in [5.41, 5.74) is 3.29. The molecule has 132 valence electrons. The molecule has 0 saturated carbocycles. The van der Waals surface area contributed by atoms with E-state index in [0.717, 1.165) is 43.6 Å². The van der Waals surface area contributed by atoms with Crippen molar-refractivity contribution in [2.24, 2.45) is 0 Å². The molecule has 2 aliphatic rings. The van der Waals surface area contributed by atoms with E-state index in [1.54, 1.807) is 28.6 Å². The molecule has 0 unspecified atom stereocenters. The number of anilines is 1. The van der Waals surface area contributed by atoms with Crippen molar-refractivity contribution < 1.29 is 8.42 Å². The lowest BCUT2D eigenvalue weighted by molar-refractivity contribution is 0.255. The van der Waals surface area contributed by atoms with Gasteiger partial charge in [0.2, 0.25) is 0 Å². The zero-order valence-corrected chi connectivity index (χ0v) is 15.4. The molecule has 1 fully saturated rings. The number of hydrogen-bond acceptors (Lipinski definition) is 3. The molecule has 0 amide bonds. The van der Waals surface area contributed by atoms with Crippen LogP contribution in [0, 0.1) is 0 Å². The van der Waals surface area contributed by atoms with Crippen LogP contribution < -0.4 is 4.31 Å². The first-order chi connectivity index (χ1) is 12.1. The molecule has 0 aliphatic carbocycles. The van der Waals surface area contributed by atoms with Crippen LogP contribution in [0.5, 0.6) is 0 Å². The standard InChI is InChI=1S/C20H24N2O2S/c1-21-12-9-16(10-13-21)18-8-7-17-11-14-22(20(17)15-18)25(23,24)19-5-3-2-4-6-19/h2-8,15-16H,9-14H2,1H3. The first-order valence-corrected chi connectivity index (χ1v) is 10.4. The number of likely N-dealkylation sites (tertiary alicyclic amines) is 1. The number of benzene rings is 2. The van der Waals surface area contributed by atoms with Crippen LogP contribution in [0.2, 0.25) is 0 Å². The van der Waals surface area contributed by atoms with E-state index in [4.69, 9.17) is 0 Å². The van der Waals surface area contributed by atoms with Crippen LogP contribution in [-0.4, -0.2) is 40.0 Å². The van der Waals surface area contributed by atoms with Gasteiger partial charge in [0.25, 0.3) is 10.0 Å². The largest absolute Gasteiger partial charge is 0.306 e. The Bertz CT molecular complexity index is 857. The topological polar surface area (TPSA) is 40.6 Å². The van der Waals surface area contributed by atoms with Crippen LogP contribution in [0.3, 0.4) is 0 Å². The second kappa shape index (κ2) is 6.46. The van der Waals surface area contributed by atoms with Crippen molar-refractivity contribution >= 4 is 15.7 Å². The maximum absolute atomic E-state index is 13.0. The Morgan fingerprint density at radius 3 is 2.40 bits per heavy atom. The normalized spacial score (nSPS) is 19.2. The van der Waals surface area contributed by atoms with Crippen molar-refractivity contribution in [1.29, 1.82) is 0 Å². The molecule has 4 rings (SSSR count). The summed E-state index contributed by atoms with van der Waals surface area (Å²) in [6.45, 7) is 2.74. The van der Waals surface area contributed by atoms with E-state index in [9.17, 15) is 8.42 Å². The fourth-order valence-electron chi connectivity index (χ4n) is 3.93. The third-order valence-corrected chi connectivity index (χ3v) is 7.31. The molecule has 0 bridgehead atoms. The molecule has 0 atom stereocenters. The average Bonchev–Trinajstić information content (AvgIpc) is 3.07. The molecule has 2 heterocycles. The van der Waals surface area contributed by atoms with Gasteiger partial charge in [0.15, 0.2) is 0 Å². The van der Waals surface area contributed by atoms with Gasteiger partial charge in [-0.25, -0.2) is 8.42 Å². The van der Waals surface area contributed by atoms with E-state index in [1.165, 1.54) is 5.56 Å². The highest BCUT2D eigenvalue weighted by molar-refractivity contribution is 7.92. The van der Waals surface area contributed by atoms with E-state index in [1.807, 2.05) is 6.07 Å². The Hall–Kier alpha value is -1.85. The summed E-state index contributed by atoms with van der Waals surface area (Å²) in [6.07, 6.45) is 3.07. The molecule has 25 heavy (non-hydrogen) atoms. The summed E-state index contributed by atoms with van der Waals surface area (Å²) in [5, 5.41) is 0. The highest BCUT2D eigenvalue weighted by atomic mass is 32.2. The summed E-state index contributed by atoms with van der Waals surface area (Å²) >= 11 is 0. The smallest absolute Gasteiger partial charge is 0.264 e. The van der Waals surface area contributed by atoms with Gasteiger partial charge in [-0.1, -0.05) is 30.3 Å². The van der Waals surface area contributed by atoms with Crippen LogP contribution in [-0.2, 0) is 16.4 Å². The highest BCUT2D eigenvalue weighted by Crippen LogP contribution is 2.37. The van der Waals surface area contributed by atoms with Crippen molar-refractivity contribution in [2.75, 3.05) is 31.0 Å². The first-order valence-electron chi connectivity index (χ1n) is 8.95. The Labute approximate surface area is 150 Å². The second-order valence-corrected chi connectivity index (χ2v) is 8.97. The number of sulfonamides is 1. The minimum atomic E-state index is -3.48. The number of piperidine rings is 1. The van der Waals surface area contributed by atoms with Gasteiger partial charge in [-0.05, 0) is 74.6 Å². The molecular weight excluding hydrogens is 332 g/mol. The van der Waals surface area contributed by atoms with Crippen molar-refractivity contribution in [3.8, 4) is 0 Å². The molecule has 1 saturated heterocycles. The van der Waals surface area contributed by atoms with E-state index in [-0.39, 0.29) is 0 Å². The lowest BCUT2D eigenvalue weighted by Crippen LogP contribution is -2.30. The molecule has 2 aromatic rings. The average molecular weight is 356 g/mol. The van der Waals surface area contributed by atoms with Gasteiger partial charge in [0.1, 0.15) is 0 Å². The summed E-state index contributed by atoms with van der Waals surface area (Å²) in [7, 11) is -1.32. The summed E-state index contributed by atoms with van der Waals surface area (Å²) in [6, 6.07) is 15.2. The Balaban J connectivity index is 1.67. The molecule has 0 N–H and O–H groups in total. The van der Waals surface area contributed by atoms with Gasteiger partial charge in [-0.2, -0.15) is 0 Å². The minimum absolute atomic E-state index is 0.368. The van der Waals surface area contributed by atoms with Gasteiger partial charge in [0, 0.05) is 6.54 Å². The van der Waals surface area contributed by atoms with Gasteiger partial charge in [-0.15, -0.1) is 0 Å². The predicted molar refractivity (Wildman–Crippen MR) is 101 cm³/mol. The van der Waals surface area contributed by atoms with Gasteiger partial charge in [-0.3, -0.25) is 4.31 Å². The molecule has 0 spiro atoms. The highest BCUT2D eigenvalue weighted by Gasteiger charge is 2.31. The monoisotopic (exact) mass is 356 g/mol. The van der Waals surface area contributed by atoms with Gasteiger partial charge < -0.3 is 4.90 Å². The van der Waals surface area contributed by atoms with Crippen LogP contribution in [0.25, 0.3) is 0 Å². The summed E-state index contributed by atoms with van der Waals surface area (Å²) in [5.74, 6) is 0.531. The Morgan fingerprint density at radius 1 is 0.960 bits per heavy atom. The molecule has 0 radical (unpaired) electrons. The van der Waals surface area contributed by atoms with E-state index < -0.39 is 10.0 Å². The molecular formula is C20H24N2O2S. The number of hydrogen-bond donors (Lipinski definition) is 0. The van der Waals surface area contributed by atoms with Gasteiger partial charge >= 0.3 is 0 Å². The van der Waals surface area contributed by atoms with Crippen LogP contribution in [0.15, 0.2) is 53.4 Å². The molecule has 0 aromatic heterocycles. The zero-order valence-electron chi connectivity index (χ0n) is 14.6. The quantitative estimate of drug-likeness (QED) is 0.848. The third-order valence-electron chi connectivity index (χ3n) is 5.48. The van der Waals surface area contributed by atoms with E-state index in [0.29, 0.717) is 17.4 Å². The molecule has 4 nitrogen and oxygen atoms in total. The fraction of sp³-hybridized carbons (Fsp3) is 0.400. The third kappa shape index (κ3) is 3.07. The Kier molecular flexibility index (Phi) is 4.29. The minimum Gasteiger partial charge on any atom is -0.306 e. The first kappa shape index (κ1) is 16.6. The fourth-order valence-corrected chi connectivity index (χ4v) is 5.45. The molecule has 2 aromatic carbocycles. The van der Waals surface area contributed by atoms with Crippen molar-refractivity contribution in [3.63, 3.8) is 0 Å². The van der Waals surface area contributed by atoms with Crippen LogP contribution in [0.1, 0.15) is 29.9 Å². The van der Waals surface area contributed by atoms with Crippen LogP contribution in [0.4, 0.5) is 5.69 Å². The van der Waals surface area contributed by atoms with E-state index in [2.05, 4.69) is 30.1 Å². The van der Waals surface area contributed by atoms with Crippen molar-refractivity contribution in [2.45, 2.75) is 30.1 Å². The molecule has 2 aliphatic heterocycles. The molecule has 5 heteroatoms. The lowest BCUT2D eigenvalue weighted by atomic mass is 9.89. The van der Waals surface area contributed by atoms with Crippen molar-refractivity contribution in [3.05, 3.63) is 59.7 Å². The number of nitrogens with zero attached hydrogens (tertiary/aromatic N) is 2. The van der Waals surface area contributed by atoms with E-state index >= 15 is 0 Å². The lowest BCUT2D eigenvalue weighted by Gasteiger charge is -2.30. The number of rotatable bonds is 3. The van der Waals surface area contributed by atoms with Crippen LogP contribution >= 0.6 is 0 Å². The second-order valence-electron chi connectivity index (χ2n) is 7.11. The SMILES string of the molecule is CN1CCC(c2ccc3c(c2)N(S(=O)(=O)c2ccccc2)CC3)CC1. The maximum Gasteiger partial charge on any atom is 0.264 e. The zero-order chi connectivity index (χ0) is 17.4. The number of fused-ring (bicyclic) bond motifs is 1. The van der Waals surface area contributed by atoms with Gasteiger partial charge in [0.05, 0.1) is 10.6 Å². The summed E-state index contributed by atoms with van der Waals surface area (Å²) in [4.78, 5) is 2.73.